The van der Waals surface area contributed by atoms with E-state index in [1.165, 1.54) is 13.2 Å². The Morgan fingerprint density at radius 3 is 2.45 bits per heavy atom. The molecule has 1 aliphatic rings. The number of likely N-dealkylation sites (tertiary alicyclic amines) is 1. The summed E-state index contributed by atoms with van der Waals surface area (Å²) < 4.78 is 24.4. The number of nitrogens with zero attached hydrogens (tertiary/aromatic N) is 2. The van der Waals surface area contributed by atoms with Crippen molar-refractivity contribution in [3.8, 4) is 11.5 Å². The fraction of sp³-hybridized carbons (Fsp3) is 0.480. The van der Waals surface area contributed by atoms with E-state index in [0.717, 1.165) is 42.8 Å². The van der Waals surface area contributed by atoms with Gasteiger partial charge in [0.05, 0.1) is 20.3 Å². The van der Waals surface area contributed by atoms with Gasteiger partial charge in [0.1, 0.15) is 5.75 Å². The van der Waals surface area contributed by atoms with Gasteiger partial charge in [-0.15, -0.1) is 0 Å². The summed E-state index contributed by atoms with van der Waals surface area (Å²) in [5, 5.41) is 6.11. The second-order valence-electron chi connectivity index (χ2n) is 8.60. The van der Waals surface area contributed by atoms with Crippen LogP contribution in [0.5, 0.6) is 11.5 Å². The van der Waals surface area contributed by atoms with Crippen LogP contribution in [0.2, 0.25) is 0 Å². The minimum atomic E-state index is -0.340. The smallest absolute Gasteiger partial charge is 0.315 e. The predicted molar refractivity (Wildman–Crippen MR) is 127 cm³/mol. The van der Waals surface area contributed by atoms with Crippen molar-refractivity contribution in [2.75, 3.05) is 47.9 Å². The molecule has 2 aromatic rings. The molecule has 3 rings (SSSR count). The highest BCUT2D eigenvalue weighted by Crippen LogP contribution is 2.27. The summed E-state index contributed by atoms with van der Waals surface area (Å²) in [5.74, 6) is 0.727. The number of carbonyl (C=O) groups is 1. The lowest BCUT2D eigenvalue weighted by molar-refractivity contribution is 0.185. The first-order valence-electron chi connectivity index (χ1n) is 11.3. The van der Waals surface area contributed by atoms with Gasteiger partial charge in [0.25, 0.3) is 0 Å². The molecule has 0 spiro atoms. The van der Waals surface area contributed by atoms with E-state index < -0.39 is 0 Å². The number of benzene rings is 2. The van der Waals surface area contributed by atoms with Crippen molar-refractivity contribution in [1.82, 2.24) is 20.4 Å². The van der Waals surface area contributed by atoms with Crippen molar-refractivity contribution in [3.63, 3.8) is 0 Å². The summed E-state index contributed by atoms with van der Waals surface area (Å²) in [4.78, 5) is 16.9. The van der Waals surface area contributed by atoms with Gasteiger partial charge < -0.3 is 25.0 Å². The highest BCUT2D eigenvalue weighted by molar-refractivity contribution is 5.74. The van der Waals surface area contributed by atoms with E-state index in [2.05, 4.69) is 20.4 Å². The summed E-state index contributed by atoms with van der Waals surface area (Å²) in [6.07, 6.45) is 1.71. The third-order valence-corrected chi connectivity index (χ3v) is 6.12. The monoisotopic (exact) mass is 458 g/mol. The zero-order valence-corrected chi connectivity index (χ0v) is 19.9. The van der Waals surface area contributed by atoms with Gasteiger partial charge in [-0.3, -0.25) is 4.90 Å². The molecule has 0 saturated carbocycles. The van der Waals surface area contributed by atoms with Gasteiger partial charge in [-0.05, 0) is 50.7 Å². The van der Waals surface area contributed by atoms with E-state index in [0.29, 0.717) is 13.1 Å². The molecule has 1 fully saturated rings. The average molecular weight is 459 g/mol. The Kier molecular flexibility index (Phi) is 8.91. The van der Waals surface area contributed by atoms with E-state index in [4.69, 9.17) is 9.47 Å². The molecule has 2 N–H and O–H groups in total. The first-order valence-corrected chi connectivity index (χ1v) is 11.3. The van der Waals surface area contributed by atoms with Crippen LogP contribution in [0.15, 0.2) is 42.5 Å². The summed E-state index contributed by atoms with van der Waals surface area (Å²) in [7, 11) is 7.09. The number of urea groups is 1. The fourth-order valence-electron chi connectivity index (χ4n) is 4.24. The molecule has 2 amide bonds. The molecule has 0 aliphatic carbocycles. The second-order valence-corrected chi connectivity index (χ2v) is 8.60. The first kappa shape index (κ1) is 24.8. The molecule has 1 aliphatic heterocycles. The van der Waals surface area contributed by atoms with Gasteiger partial charge in [0.2, 0.25) is 0 Å². The van der Waals surface area contributed by atoms with Gasteiger partial charge in [-0.1, -0.05) is 24.3 Å². The van der Waals surface area contributed by atoms with Gasteiger partial charge >= 0.3 is 6.03 Å². The Hall–Kier alpha value is -2.84. The Labute approximate surface area is 195 Å². The quantitative estimate of drug-likeness (QED) is 0.603. The number of ether oxygens (including phenoxy) is 2. The number of carbonyl (C=O) groups excluding carboxylic acids is 1. The third kappa shape index (κ3) is 6.82. The van der Waals surface area contributed by atoms with Crippen molar-refractivity contribution >= 4 is 6.03 Å². The van der Waals surface area contributed by atoms with Gasteiger partial charge in [0.15, 0.2) is 11.6 Å². The fourth-order valence-corrected chi connectivity index (χ4v) is 4.24. The SMILES string of the molecule is COc1ccc(CN2CCC(NC(=O)NCC(c3ccccc3OC)N(C)C)CC2)cc1F. The van der Waals surface area contributed by atoms with Crippen LogP contribution in [-0.2, 0) is 6.54 Å². The maximum atomic E-state index is 13.9. The topological polar surface area (TPSA) is 66.1 Å². The van der Waals surface area contributed by atoms with Crippen LogP contribution in [-0.4, -0.2) is 69.8 Å². The van der Waals surface area contributed by atoms with Crippen LogP contribution in [0.4, 0.5) is 9.18 Å². The Bertz CT molecular complexity index is 916. The zero-order valence-electron chi connectivity index (χ0n) is 19.9. The van der Waals surface area contributed by atoms with Crippen LogP contribution >= 0.6 is 0 Å². The van der Waals surface area contributed by atoms with Crippen LogP contribution < -0.4 is 20.1 Å². The molecule has 1 heterocycles. The van der Waals surface area contributed by atoms with Crippen LogP contribution in [0.1, 0.15) is 30.0 Å². The van der Waals surface area contributed by atoms with Crippen molar-refractivity contribution in [2.45, 2.75) is 31.5 Å². The molecule has 180 valence electrons. The number of hydrogen-bond donors (Lipinski definition) is 2. The molecular weight excluding hydrogens is 423 g/mol. The van der Waals surface area contributed by atoms with E-state index in [-0.39, 0.29) is 29.7 Å². The van der Waals surface area contributed by atoms with E-state index in [1.54, 1.807) is 13.2 Å². The number of piperidine rings is 1. The van der Waals surface area contributed by atoms with Crippen LogP contribution in [0.25, 0.3) is 0 Å². The normalized spacial score (nSPS) is 15.8. The van der Waals surface area contributed by atoms with Gasteiger partial charge in [-0.25, -0.2) is 9.18 Å². The number of methoxy groups -OCH3 is 2. The molecule has 0 aromatic heterocycles. The molecular formula is C25H35FN4O3. The van der Waals surface area contributed by atoms with E-state index in [1.807, 2.05) is 44.4 Å². The third-order valence-electron chi connectivity index (χ3n) is 6.12. The Morgan fingerprint density at radius 1 is 1.12 bits per heavy atom. The lowest BCUT2D eigenvalue weighted by Gasteiger charge is -2.32. The maximum absolute atomic E-state index is 13.9. The summed E-state index contributed by atoms with van der Waals surface area (Å²) in [5.41, 5.74) is 1.96. The van der Waals surface area contributed by atoms with Crippen LogP contribution in [0, 0.1) is 5.82 Å². The highest BCUT2D eigenvalue weighted by atomic mass is 19.1. The molecule has 7 nitrogen and oxygen atoms in total. The predicted octanol–water partition coefficient (Wildman–Crippen LogP) is 3.41. The molecule has 1 saturated heterocycles. The lowest BCUT2D eigenvalue weighted by atomic mass is 10.0. The van der Waals surface area contributed by atoms with E-state index >= 15 is 0 Å². The summed E-state index contributed by atoms with van der Waals surface area (Å²) in [6, 6.07) is 12.9. The number of rotatable bonds is 9. The number of amides is 2. The molecule has 2 aromatic carbocycles. The van der Waals surface area contributed by atoms with Crippen molar-refractivity contribution in [1.29, 1.82) is 0 Å². The molecule has 1 unspecified atom stereocenters. The van der Waals surface area contributed by atoms with Gasteiger partial charge in [-0.2, -0.15) is 0 Å². The van der Waals surface area contributed by atoms with Crippen molar-refractivity contribution < 1.29 is 18.7 Å². The second kappa shape index (κ2) is 11.9. The molecule has 33 heavy (non-hydrogen) atoms. The largest absolute Gasteiger partial charge is 0.496 e. The number of hydrogen-bond acceptors (Lipinski definition) is 5. The summed E-state index contributed by atoms with van der Waals surface area (Å²) in [6.45, 7) is 2.85. The zero-order chi connectivity index (χ0) is 23.8. The molecule has 1 atom stereocenters. The number of likely N-dealkylation sites (N-methyl/N-ethyl adjacent to an activating group) is 1. The lowest BCUT2D eigenvalue weighted by Crippen LogP contribution is -2.48. The molecule has 0 bridgehead atoms. The van der Waals surface area contributed by atoms with Crippen LogP contribution in [0.3, 0.4) is 0 Å². The Morgan fingerprint density at radius 2 is 1.82 bits per heavy atom. The maximum Gasteiger partial charge on any atom is 0.315 e. The number of para-hydroxylation sites is 1. The van der Waals surface area contributed by atoms with Crippen molar-refractivity contribution in [3.05, 3.63) is 59.4 Å². The highest BCUT2D eigenvalue weighted by Gasteiger charge is 2.23. The Balaban J connectivity index is 1.45. The van der Waals surface area contributed by atoms with E-state index in [9.17, 15) is 9.18 Å². The average Bonchev–Trinajstić information content (AvgIpc) is 2.80. The van der Waals surface area contributed by atoms with Crippen molar-refractivity contribution in [2.24, 2.45) is 0 Å². The number of nitrogens with one attached hydrogen (secondary N) is 2. The standard InChI is InChI=1S/C25H35FN4O3/c1-29(2)22(20-7-5-6-8-23(20)32-3)16-27-25(31)28-19-11-13-30(14-12-19)17-18-9-10-24(33-4)21(26)15-18/h5-10,15,19,22H,11-14,16-17H2,1-4H3,(H2,27,28,31). The summed E-state index contributed by atoms with van der Waals surface area (Å²) >= 11 is 0. The molecule has 0 radical (unpaired) electrons. The molecule has 8 heteroatoms. The minimum Gasteiger partial charge on any atom is -0.496 e. The number of halogens is 1. The minimum absolute atomic E-state index is 0.00126. The van der Waals surface area contributed by atoms with Gasteiger partial charge in [0, 0.05) is 37.8 Å². The first-order chi connectivity index (χ1) is 15.9.